The van der Waals surface area contributed by atoms with E-state index in [-0.39, 0.29) is 23.5 Å². The number of benzene rings is 3. The van der Waals surface area contributed by atoms with Gasteiger partial charge in [-0.1, -0.05) is 72.4 Å². The zero-order chi connectivity index (χ0) is 23.9. The van der Waals surface area contributed by atoms with Crippen LogP contribution in [0.15, 0.2) is 90.1 Å². The Labute approximate surface area is 202 Å². The summed E-state index contributed by atoms with van der Waals surface area (Å²) >= 11 is 1.33. The van der Waals surface area contributed by atoms with Crippen molar-refractivity contribution in [1.82, 2.24) is 19.7 Å². The molecule has 0 bridgehead atoms. The van der Waals surface area contributed by atoms with E-state index in [4.69, 9.17) is 4.74 Å². The summed E-state index contributed by atoms with van der Waals surface area (Å²) in [6.07, 6.45) is 0. The van der Waals surface area contributed by atoms with Crippen LogP contribution in [0, 0.1) is 5.82 Å². The third kappa shape index (κ3) is 5.63. The van der Waals surface area contributed by atoms with E-state index in [0.717, 1.165) is 11.3 Å². The fraction of sp³-hybridized carbons (Fsp3) is 0.192. The summed E-state index contributed by atoms with van der Waals surface area (Å²) in [5, 5.41) is 8.78. The Morgan fingerprint density at radius 3 is 2.35 bits per heavy atom. The fourth-order valence-corrected chi connectivity index (χ4v) is 4.47. The van der Waals surface area contributed by atoms with Crippen molar-refractivity contribution in [3.8, 4) is 11.4 Å². The van der Waals surface area contributed by atoms with Crippen LogP contribution in [0.4, 0.5) is 4.39 Å². The summed E-state index contributed by atoms with van der Waals surface area (Å²) in [4.78, 5) is 14.7. The molecule has 1 aromatic heterocycles. The van der Waals surface area contributed by atoms with Gasteiger partial charge in [-0.15, -0.1) is 10.2 Å². The Morgan fingerprint density at radius 2 is 1.65 bits per heavy atom. The highest BCUT2D eigenvalue weighted by atomic mass is 32.2. The molecule has 0 aliphatic heterocycles. The van der Waals surface area contributed by atoms with Gasteiger partial charge in [-0.3, -0.25) is 9.36 Å². The molecule has 0 saturated heterocycles. The smallest absolute Gasteiger partial charge is 0.235 e. The topological polar surface area (TPSA) is 60.3 Å². The predicted molar refractivity (Wildman–Crippen MR) is 130 cm³/mol. The average Bonchev–Trinajstić information content (AvgIpc) is 3.26. The molecule has 1 heterocycles. The highest BCUT2D eigenvalue weighted by molar-refractivity contribution is 8.00. The van der Waals surface area contributed by atoms with Crippen LogP contribution in [-0.2, 0) is 17.9 Å². The van der Waals surface area contributed by atoms with E-state index < -0.39 is 5.82 Å². The highest BCUT2D eigenvalue weighted by Crippen LogP contribution is 2.27. The normalized spacial score (nSPS) is 11.7. The number of nitrogens with zero attached hydrogens (tertiary/aromatic N) is 4. The minimum Gasteiger partial charge on any atom is -0.483 e. The van der Waals surface area contributed by atoms with Crippen molar-refractivity contribution in [2.75, 3.05) is 7.05 Å². The largest absolute Gasteiger partial charge is 0.483 e. The number of hydrogen-bond acceptors (Lipinski definition) is 5. The summed E-state index contributed by atoms with van der Waals surface area (Å²) in [5.41, 5.74) is 1.90. The summed E-state index contributed by atoms with van der Waals surface area (Å²) in [7, 11) is 1.79. The maximum atomic E-state index is 14.0. The van der Waals surface area contributed by atoms with Crippen LogP contribution in [0.2, 0.25) is 0 Å². The first-order chi connectivity index (χ1) is 16.5. The molecule has 1 amide bonds. The van der Waals surface area contributed by atoms with E-state index in [0.29, 0.717) is 17.5 Å². The molecule has 174 valence electrons. The lowest BCUT2D eigenvalue weighted by Crippen LogP contribution is -2.33. The molecule has 34 heavy (non-hydrogen) atoms. The Kier molecular flexibility index (Phi) is 7.59. The molecule has 0 aliphatic carbocycles. The zero-order valence-electron chi connectivity index (χ0n) is 19.0. The summed E-state index contributed by atoms with van der Waals surface area (Å²) in [6.45, 7) is 2.41. The molecule has 0 aliphatic rings. The first kappa shape index (κ1) is 23.5. The van der Waals surface area contributed by atoms with E-state index in [2.05, 4.69) is 10.2 Å². The standard InChI is InChI=1S/C26H25FN4O2S/c1-19(25(32)30(2)17-20-11-5-3-6-12-20)34-26-29-28-24(31(26)21-13-7-4-8-14-21)18-33-23-16-10-9-15-22(23)27/h3-16,19H,17-18H2,1-2H3. The zero-order valence-corrected chi connectivity index (χ0v) is 19.8. The second kappa shape index (κ2) is 11.0. The first-order valence-electron chi connectivity index (χ1n) is 10.9. The van der Waals surface area contributed by atoms with Crippen LogP contribution in [0.3, 0.4) is 0 Å². The van der Waals surface area contributed by atoms with Gasteiger partial charge in [0.2, 0.25) is 5.91 Å². The number of carbonyl (C=O) groups is 1. The number of hydrogen-bond donors (Lipinski definition) is 0. The summed E-state index contributed by atoms with van der Waals surface area (Å²) < 4.78 is 21.5. The van der Waals surface area contributed by atoms with Crippen LogP contribution in [0.1, 0.15) is 18.3 Å². The molecule has 0 saturated carbocycles. The molecular weight excluding hydrogens is 451 g/mol. The van der Waals surface area contributed by atoms with E-state index >= 15 is 0 Å². The molecule has 4 aromatic rings. The molecule has 0 fully saturated rings. The minimum absolute atomic E-state index is 0.0133. The Hall–Kier alpha value is -3.65. The number of rotatable bonds is 9. The molecule has 4 rings (SSSR count). The second-order valence-electron chi connectivity index (χ2n) is 7.73. The third-order valence-electron chi connectivity index (χ3n) is 5.18. The van der Waals surface area contributed by atoms with Crippen molar-refractivity contribution in [2.45, 2.75) is 30.5 Å². The van der Waals surface area contributed by atoms with Gasteiger partial charge in [0.1, 0.15) is 6.61 Å². The Morgan fingerprint density at radius 1 is 1.00 bits per heavy atom. The van der Waals surface area contributed by atoms with Crippen molar-refractivity contribution in [1.29, 1.82) is 0 Å². The predicted octanol–water partition coefficient (Wildman–Crippen LogP) is 5.12. The van der Waals surface area contributed by atoms with Gasteiger partial charge in [0, 0.05) is 19.3 Å². The van der Waals surface area contributed by atoms with Crippen LogP contribution in [0.5, 0.6) is 5.75 Å². The average molecular weight is 477 g/mol. The van der Waals surface area contributed by atoms with Gasteiger partial charge >= 0.3 is 0 Å². The Balaban J connectivity index is 1.53. The van der Waals surface area contributed by atoms with Crippen LogP contribution < -0.4 is 4.74 Å². The van der Waals surface area contributed by atoms with Gasteiger partial charge in [-0.2, -0.15) is 0 Å². The maximum Gasteiger partial charge on any atom is 0.235 e. The van der Waals surface area contributed by atoms with Crippen LogP contribution in [-0.4, -0.2) is 37.9 Å². The van der Waals surface area contributed by atoms with Crippen molar-refractivity contribution in [3.05, 3.63) is 102 Å². The lowest BCUT2D eigenvalue weighted by molar-refractivity contribution is -0.129. The summed E-state index contributed by atoms with van der Waals surface area (Å²) in [6, 6.07) is 25.7. The number of halogens is 1. The molecule has 1 atom stereocenters. The van der Waals surface area contributed by atoms with Crippen LogP contribution >= 0.6 is 11.8 Å². The van der Waals surface area contributed by atoms with E-state index in [1.54, 1.807) is 30.1 Å². The molecular formula is C26H25FN4O2S. The molecule has 6 nitrogen and oxygen atoms in total. The van der Waals surface area contributed by atoms with Crippen molar-refractivity contribution >= 4 is 17.7 Å². The highest BCUT2D eigenvalue weighted by Gasteiger charge is 2.24. The quantitative estimate of drug-likeness (QED) is 0.314. The van der Waals surface area contributed by atoms with Gasteiger partial charge in [0.25, 0.3) is 0 Å². The van der Waals surface area contributed by atoms with Gasteiger partial charge in [0.15, 0.2) is 22.5 Å². The van der Waals surface area contributed by atoms with Crippen molar-refractivity contribution in [3.63, 3.8) is 0 Å². The van der Waals surface area contributed by atoms with Crippen LogP contribution in [0.25, 0.3) is 5.69 Å². The molecule has 8 heteroatoms. The van der Waals surface area contributed by atoms with Gasteiger partial charge < -0.3 is 9.64 Å². The second-order valence-corrected chi connectivity index (χ2v) is 9.04. The van der Waals surface area contributed by atoms with Gasteiger partial charge in [0.05, 0.1) is 5.25 Å². The number of para-hydroxylation sites is 2. The monoisotopic (exact) mass is 476 g/mol. The van der Waals surface area contributed by atoms with Crippen molar-refractivity contribution < 1.29 is 13.9 Å². The lowest BCUT2D eigenvalue weighted by Gasteiger charge is -2.21. The Bertz CT molecular complexity index is 1230. The molecule has 3 aromatic carbocycles. The fourth-order valence-electron chi connectivity index (χ4n) is 3.46. The molecule has 0 N–H and O–H groups in total. The molecule has 0 radical (unpaired) electrons. The third-order valence-corrected chi connectivity index (χ3v) is 6.21. The van der Waals surface area contributed by atoms with Gasteiger partial charge in [-0.25, -0.2) is 4.39 Å². The number of carbonyl (C=O) groups excluding carboxylic acids is 1. The minimum atomic E-state index is -0.441. The number of thioether (sulfide) groups is 1. The number of aromatic nitrogens is 3. The van der Waals surface area contributed by atoms with E-state index in [1.807, 2.05) is 72.2 Å². The first-order valence-corrected chi connectivity index (χ1v) is 11.7. The summed E-state index contributed by atoms with van der Waals surface area (Å²) in [5.74, 6) is 0.198. The number of amides is 1. The SMILES string of the molecule is CC(Sc1nnc(COc2ccccc2F)n1-c1ccccc1)C(=O)N(C)Cc1ccccc1. The van der Waals surface area contributed by atoms with Gasteiger partial charge in [-0.05, 0) is 36.8 Å². The maximum absolute atomic E-state index is 14.0. The number of ether oxygens (including phenoxy) is 1. The molecule has 1 unspecified atom stereocenters. The van der Waals surface area contributed by atoms with Crippen molar-refractivity contribution in [2.24, 2.45) is 0 Å². The lowest BCUT2D eigenvalue weighted by atomic mass is 10.2. The van der Waals surface area contributed by atoms with E-state index in [1.165, 1.54) is 17.8 Å². The molecule has 0 spiro atoms. The van der Waals surface area contributed by atoms with E-state index in [9.17, 15) is 9.18 Å².